The van der Waals surface area contributed by atoms with Gasteiger partial charge in [-0.2, -0.15) is 0 Å². The topological polar surface area (TPSA) is 29.1 Å². The molecule has 0 aliphatic rings. The van der Waals surface area contributed by atoms with E-state index in [4.69, 9.17) is 0 Å². The van der Waals surface area contributed by atoms with Crippen molar-refractivity contribution in [2.24, 2.45) is 0 Å². The van der Waals surface area contributed by atoms with Crippen LogP contribution in [0.5, 0.6) is 0 Å². The van der Waals surface area contributed by atoms with Crippen molar-refractivity contribution in [3.8, 4) is 0 Å². The highest BCUT2D eigenvalue weighted by Crippen LogP contribution is 2.17. The van der Waals surface area contributed by atoms with Crippen molar-refractivity contribution in [3.63, 3.8) is 0 Å². The van der Waals surface area contributed by atoms with E-state index >= 15 is 0 Å². The Kier molecular flexibility index (Phi) is 4.73. The Morgan fingerprint density at radius 1 is 1.14 bits per heavy atom. The first kappa shape index (κ1) is 15.2. The largest absolute Gasteiger partial charge is 0.349 e. The Balaban J connectivity index is 2.02. The molecular formula is C18H20FNO. The van der Waals surface area contributed by atoms with E-state index in [1.54, 1.807) is 18.2 Å². The van der Waals surface area contributed by atoms with Crippen LogP contribution in [0.3, 0.4) is 0 Å². The third kappa shape index (κ3) is 3.91. The lowest BCUT2D eigenvalue weighted by atomic mass is 10.0. The van der Waals surface area contributed by atoms with Gasteiger partial charge < -0.3 is 5.32 Å². The molecular weight excluding hydrogens is 265 g/mol. The van der Waals surface area contributed by atoms with Crippen LogP contribution in [0.4, 0.5) is 4.39 Å². The van der Waals surface area contributed by atoms with Crippen LogP contribution in [0.2, 0.25) is 0 Å². The van der Waals surface area contributed by atoms with Crippen molar-refractivity contribution >= 4 is 5.91 Å². The van der Waals surface area contributed by atoms with Gasteiger partial charge in [0.2, 0.25) is 5.91 Å². The number of halogens is 1. The summed E-state index contributed by atoms with van der Waals surface area (Å²) in [6, 6.07) is 12.4. The molecule has 0 aliphatic carbocycles. The second-order valence-corrected chi connectivity index (χ2v) is 5.40. The number of carbonyl (C=O) groups excluding carboxylic acids is 1. The quantitative estimate of drug-likeness (QED) is 0.908. The SMILES string of the molecule is Cc1ccc([C@@H](C)NC(=O)Cc2ccccc2F)cc1C. The Morgan fingerprint density at radius 2 is 1.86 bits per heavy atom. The van der Waals surface area contributed by atoms with Crippen molar-refractivity contribution in [1.82, 2.24) is 5.32 Å². The van der Waals surface area contributed by atoms with Gasteiger partial charge in [0.1, 0.15) is 5.82 Å². The lowest BCUT2D eigenvalue weighted by Crippen LogP contribution is -2.28. The normalized spacial score (nSPS) is 12.0. The molecule has 110 valence electrons. The molecule has 2 nitrogen and oxygen atoms in total. The summed E-state index contributed by atoms with van der Waals surface area (Å²) in [5.74, 6) is -0.516. The van der Waals surface area contributed by atoms with Gasteiger partial charge in [0.25, 0.3) is 0 Å². The maximum absolute atomic E-state index is 13.5. The molecule has 2 aromatic carbocycles. The molecule has 0 saturated carbocycles. The Hall–Kier alpha value is -2.16. The summed E-state index contributed by atoms with van der Waals surface area (Å²) in [6.45, 7) is 6.04. The summed E-state index contributed by atoms with van der Waals surface area (Å²) in [6.07, 6.45) is 0.0574. The van der Waals surface area contributed by atoms with Crippen LogP contribution in [0, 0.1) is 19.7 Å². The summed E-state index contributed by atoms with van der Waals surface area (Å²) in [5.41, 5.74) is 3.90. The lowest BCUT2D eigenvalue weighted by molar-refractivity contribution is -0.121. The molecule has 0 aromatic heterocycles. The van der Waals surface area contributed by atoms with Crippen LogP contribution < -0.4 is 5.32 Å². The van der Waals surface area contributed by atoms with Crippen molar-refractivity contribution < 1.29 is 9.18 Å². The van der Waals surface area contributed by atoms with E-state index in [0.717, 1.165) is 5.56 Å². The number of hydrogen-bond donors (Lipinski definition) is 1. The molecule has 1 amide bonds. The van der Waals surface area contributed by atoms with Gasteiger partial charge in [0, 0.05) is 0 Å². The second kappa shape index (κ2) is 6.53. The molecule has 1 N–H and O–H groups in total. The van der Waals surface area contributed by atoms with Crippen molar-refractivity contribution in [3.05, 3.63) is 70.5 Å². The summed E-state index contributed by atoms with van der Waals surface area (Å²) in [4.78, 5) is 12.0. The van der Waals surface area contributed by atoms with Gasteiger partial charge in [-0.15, -0.1) is 0 Å². The molecule has 0 bridgehead atoms. The number of carbonyl (C=O) groups is 1. The molecule has 0 saturated heterocycles. The van der Waals surface area contributed by atoms with E-state index in [1.165, 1.54) is 17.2 Å². The number of nitrogens with one attached hydrogen (secondary N) is 1. The van der Waals surface area contributed by atoms with Crippen LogP contribution in [0.25, 0.3) is 0 Å². The van der Waals surface area contributed by atoms with Gasteiger partial charge in [-0.3, -0.25) is 4.79 Å². The number of amides is 1. The Morgan fingerprint density at radius 3 is 2.52 bits per heavy atom. The van der Waals surface area contributed by atoms with Crippen LogP contribution >= 0.6 is 0 Å². The molecule has 0 aliphatic heterocycles. The number of aryl methyl sites for hydroxylation is 2. The first-order chi connectivity index (χ1) is 9.97. The van der Waals surface area contributed by atoms with Crippen molar-refractivity contribution in [2.45, 2.75) is 33.2 Å². The standard InChI is InChI=1S/C18H20FNO/c1-12-8-9-15(10-13(12)2)14(3)20-18(21)11-16-6-4-5-7-17(16)19/h4-10,14H,11H2,1-3H3,(H,20,21)/t14-/m1/s1. The van der Waals surface area contributed by atoms with Gasteiger partial charge in [0.05, 0.1) is 12.5 Å². The summed E-state index contributed by atoms with van der Waals surface area (Å²) >= 11 is 0. The zero-order valence-corrected chi connectivity index (χ0v) is 12.6. The first-order valence-electron chi connectivity index (χ1n) is 7.07. The van der Waals surface area contributed by atoms with E-state index in [9.17, 15) is 9.18 Å². The van der Waals surface area contributed by atoms with Crippen LogP contribution in [0.1, 0.15) is 35.2 Å². The minimum absolute atomic E-state index is 0.0574. The molecule has 0 fully saturated rings. The lowest BCUT2D eigenvalue weighted by Gasteiger charge is -2.16. The highest BCUT2D eigenvalue weighted by atomic mass is 19.1. The highest BCUT2D eigenvalue weighted by molar-refractivity contribution is 5.79. The summed E-state index contributed by atoms with van der Waals surface area (Å²) in [7, 11) is 0. The molecule has 0 radical (unpaired) electrons. The Labute approximate surface area is 125 Å². The summed E-state index contributed by atoms with van der Waals surface area (Å²) < 4.78 is 13.5. The highest BCUT2D eigenvalue weighted by Gasteiger charge is 2.12. The molecule has 0 spiro atoms. The third-order valence-corrected chi connectivity index (χ3v) is 3.72. The van der Waals surface area contributed by atoms with Crippen molar-refractivity contribution in [2.75, 3.05) is 0 Å². The van der Waals surface area contributed by atoms with E-state index in [2.05, 4.69) is 18.3 Å². The third-order valence-electron chi connectivity index (χ3n) is 3.72. The number of benzene rings is 2. The smallest absolute Gasteiger partial charge is 0.225 e. The average molecular weight is 285 g/mol. The van der Waals surface area contributed by atoms with E-state index in [-0.39, 0.29) is 24.2 Å². The first-order valence-corrected chi connectivity index (χ1v) is 7.07. The zero-order valence-electron chi connectivity index (χ0n) is 12.6. The maximum Gasteiger partial charge on any atom is 0.225 e. The molecule has 21 heavy (non-hydrogen) atoms. The van der Waals surface area contributed by atoms with Crippen molar-refractivity contribution in [1.29, 1.82) is 0 Å². The van der Waals surface area contributed by atoms with Crippen LogP contribution in [0.15, 0.2) is 42.5 Å². The predicted octanol–water partition coefficient (Wildman–Crippen LogP) is 3.86. The van der Waals surface area contributed by atoms with Crippen LogP contribution in [-0.2, 0) is 11.2 Å². The molecule has 3 heteroatoms. The minimum atomic E-state index is -0.341. The fraction of sp³-hybridized carbons (Fsp3) is 0.278. The molecule has 2 rings (SSSR count). The van der Waals surface area contributed by atoms with Gasteiger partial charge in [-0.05, 0) is 49.1 Å². The fourth-order valence-electron chi connectivity index (χ4n) is 2.22. The van der Waals surface area contributed by atoms with Gasteiger partial charge in [-0.1, -0.05) is 36.4 Å². The van der Waals surface area contributed by atoms with E-state index in [0.29, 0.717) is 5.56 Å². The van der Waals surface area contributed by atoms with Gasteiger partial charge in [-0.25, -0.2) is 4.39 Å². The zero-order chi connectivity index (χ0) is 15.4. The van der Waals surface area contributed by atoms with E-state index < -0.39 is 0 Å². The molecule has 2 aromatic rings. The molecule has 0 heterocycles. The molecule has 1 atom stereocenters. The molecule has 0 unspecified atom stereocenters. The fourth-order valence-corrected chi connectivity index (χ4v) is 2.22. The number of hydrogen-bond acceptors (Lipinski definition) is 1. The van der Waals surface area contributed by atoms with Crippen LogP contribution in [-0.4, -0.2) is 5.91 Å². The average Bonchev–Trinajstić information content (AvgIpc) is 2.44. The van der Waals surface area contributed by atoms with Gasteiger partial charge >= 0.3 is 0 Å². The Bertz CT molecular complexity index is 651. The second-order valence-electron chi connectivity index (χ2n) is 5.40. The van der Waals surface area contributed by atoms with Gasteiger partial charge in [0.15, 0.2) is 0 Å². The minimum Gasteiger partial charge on any atom is -0.349 e. The maximum atomic E-state index is 13.5. The monoisotopic (exact) mass is 285 g/mol. The predicted molar refractivity (Wildman–Crippen MR) is 82.6 cm³/mol. The van der Waals surface area contributed by atoms with E-state index in [1.807, 2.05) is 26.0 Å². The summed E-state index contributed by atoms with van der Waals surface area (Å²) in [5, 5.41) is 2.91. The number of rotatable bonds is 4.